The topological polar surface area (TPSA) is 68.1 Å². The fourth-order valence-electron chi connectivity index (χ4n) is 1.61. The molecule has 2 rings (SSSR count). The molecule has 0 radical (unpaired) electrons. The van der Waals surface area contributed by atoms with Crippen LogP contribution in [-0.2, 0) is 6.54 Å². The Bertz CT molecular complexity index is 528. The first-order valence-corrected chi connectivity index (χ1v) is 6.41. The molecule has 0 saturated carbocycles. The minimum atomic E-state index is -0.378. The summed E-state index contributed by atoms with van der Waals surface area (Å²) in [5, 5.41) is 16.9. The molecule has 1 atom stereocenters. The van der Waals surface area contributed by atoms with Crippen molar-refractivity contribution in [3.8, 4) is 0 Å². The van der Waals surface area contributed by atoms with Crippen LogP contribution < -0.4 is 5.32 Å². The predicted molar refractivity (Wildman–Crippen MR) is 70.5 cm³/mol. The van der Waals surface area contributed by atoms with Gasteiger partial charge in [0.15, 0.2) is 0 Å². The van der Waals surface area contributed by atoms with Crippen LogP contribution in [0.2, 0.25) is 0 Å². The quantitative estimate of drug-likeness (QED) is 0.665. The Morgan fingerprint density at radius 3 is 3.06 bits per heavy atom. The molecule has 0 bridgehead atoms. The number of benzene rings is 1. The average Bonchev–Trinajstić information content (AvgIpc) is 2.89. The zero-order valence-electron chi connectivity index (χ0n) is 9.87. The number of non-ortho nitro benzene ring substituents is 1. The standard InChI is InChI=1S/C12H13N3O2S/c1-9(14-8-12-13-5-6-18-12)10-3-2-4-11(7-10)15(16)17/h2-7,9,14H,8H2,1H3. The van der Waals surface area contributed by atoms with E-state index in [9.17, 15) is 10.1 Å². The molecule has 2 aromatic rings. The Labute approximate surface area is 109 Å². The second kappa shape index (κ2) is 5.70. The molecular formula is C12H13N3O2S. The van der Waals surface area contributed by atoms with Crippen LogP contribution in [0.1, 0.15) is 23.5 Å². The van der Waals surface area contributed by atoms with Gasteiger partial charge in [-0.2, -0.15) is 0 Å². The van der Waals surface area contributed by atoms with Crippen LogP contribution in [0.15, 0.2) is 35.8 Å². The summed E-state index contributed by atoms with van der Waals surface area (Å²) < 4.78 is 0. The molecule has 1 aromatic heterocycles. The van der Waals surface area contributed by atoms with E-state index in [2.05, 4.69) is 10.3 Å². The van der Waals surface area contributed by atoms with E-state index in [4.69, 9.17) is 0 Å². The van der Waals surface area contributed by atoms with Crippen LogP contribution in [-0.4, -0.2) is 9.91 Å². The minimum Gasteiger partial charge on any atom is -0.304 e. The molecule has 1 aromatic carbocycles. The number of hydrogen-bond donors (Lipinski definition) is 1. The van der Waals surface area contributed by atoms with Gasteiger partial charge in [-0.3, -0.25) is 10.1 Å². The summed E-state index contributed by atoms with van der Waals surface area (Å²) in [6, 6.07) is 6.73. The van der Waals surface area contributed by atoms with Gasteiger partial charge in [0.1, 0.15) is 5.01 Å². The highest BCUT2D eigenvalue weighted by Gasteiger charge is 2.10. The first-order valence-electron chi connectivity index (χ1n) is 5.53. The lowest BCUT2D eigenvalue weighted by Crippen LogP contribution is -2.18. The van der Waals surface area contributed by atoms with Crippen LogP contribution in [0.3, 0.4) is 0 Å². The van der Waals surface area contributed by atoms with Crippen LogP contribution in [0.25, 0.3) is 0 Å². The number of thiazole rings is 1. The third kappa shape index (κ3) is 3.12. The number of hydrogen-bond acceptors (Lipinski definition) is 5. The van der Waals surface area contributed by atoms with Gasteiger partial charge >= 0.3 is 0 Å². The second-order valence-corrected chi connectivity index (χ2v) is 4.86. The smallest absolute Gasteiger partial charge is 0.269 e. The molecule has 1 N–H and O–H groups in total. The van der Waals surface area contributed by atoms with E-state index < -0.39 is 0 Å². The molecule has 0 aliphatic carbocycles. The fourth-order valence-corrected chi connectivity index (χ4v) is 2.17. The number of rotatable bonds is 5. The molecule has 0 saturated heterocycles. The third-order valence-corrected chi connectivity index (χ3v) is 3.40. The highest BCUT2D eigenvalue weighted by Crippen LogP contribution is 2.19. The monoisotopic (exact) mass is 263 g/mol. The Morgan fingerprint density at radius 2 is 2.39 bits per heavy atom. The van der Waals surface area contributed by atoms with Crippen molar-refractivity contribution >= 4 is 17.0 Å². The molecule has 0 aliphatic rings. The van der Waals surface area contributed by atoms with Crippen molar-refractivity contribution in [2.45, 2.75) is 19.5 Å². The first kappa shape index (κ1) is 12.7. The molecule has 1 heterocycles. The summed E-state index contributed by atoms with van der Waals surface area (Å²) in [6.45, 7) is 2.65. The molecule has 0 amide bonds. The average molecular weight is 263 g/mol. The van der Waals surface area contributed by atoms with Gasteiger partial charge in [0.05, 0.1) is 4.92 Å². The van der Waals surface area contributed by atoms with E-state index in [-0.39, 0.29) is 16.7 Å². The summed E-state index contributed by atoms with van der Waals surface area (Å²) in [7, 11) is 0. The normalized spacial score (nSPS) is 12.3. The van der Waals surface area contributed by atoms with Gasteiger partial charge in [-0.25, -0.2) is 4.98 Å². The largest absolute Gasteiger partial charge is 0.304 e. The summed E-state index contributed by atoms with van der Waals surface area (Å²) in [4.78, 5) is 14.5. The molecule has 0 aliphatic heterocycles. The maximum atomic E-state index is 10.7. The zero-order chi connectivity index (χ0) is 13.0. The van der Waals surface area contributed by atoms with Crippen molar-refractivity contribution in [2.24, 2.45) is 0 Å². The maximum absolute atomic E-state index is 10.7. The SMILES string of the molecule is CC(NCc1nccs1)c1cccc([N+](=O)[O-])c1. The molecular weight excluding hydrogens is 250 g/mol. The molecule has 94 valence electrons. The highest BCUT2D eigenvalue weighted by molar-refractivity contribution is 7.09. The Hall–Kier alpha value is -1.79. The number of nitro groups is 1. The van der Waals surface area contributed by atoms with Crippen molar-refractivity contribution < 1.29 is 4.92 Å². The Morgan fingerprint density at radius 1 is 1.56 bits per heavy atom. The molecule has 1 unspecified atom stereocenters. The molecule has 0 spiro atoms. The summed E-state index contributed by atoms with van der Waals surface area (Å²) in [5.41, 5.74) is 1.02. The van der Waals surface area contributed by atoms with E-state index in [0.29, 0.717) is 6.54 Å². The lowest BCUT2D eigenvalue weighted by molar-refractivity contribution is -0.384. The number of nitrogens with one attached hydrogen (secondary N) is 1. The minimum absolute atomic E-state index is 0.0498. The van der Waals surface area contributed by atoms with E-state index in [0.717, 1.165) is 10.6 Å². The van der Waals surface area contributed by atoms with Crippen molar-refractivity contribution in [1.29, 1.82) is 0 Å². The summed E-state index contributed by atoms with van der Waals surface area (Å²) in [5.74, 6) is 0. The fraction of sp³-hybridized carbons (Fsp3) is 0.250. The van der Waals surface area contributed by atoms with Gasteiger partial charge in [0, 0.05) is 36.3 Å². The van der Waals surface area contributed by atoms with Crippen molar-refractivity contribution in [1.82, 2.24) is 10.3 Å². The lowest BCUT2D eigenvalue weighted by atomic mass is 10.1. The molecule has 5 nitrogen and oxygen atoms in total. The van der Waals surface area contributed by atoms with Gasteiger partial charge in [0.2, 0.25) is 0 Å². The number of nitro benzene ring substituents is 1. The van der Waals surface area contributed by atoms with E-state index in [1.54, 1.807) is 29.7 Å². The Kier molecular flexibility index (Phi) is 4.01. The van der Waals surface area contributed by atoms with E-state index >= 15 is 0 Å². The van der Waals surface area contributed by atoms with Gasteiger partial charge in [-0.1, -0.05) is 12.1 Å². The number of nitrogens with zero attached hydrogens (tertiary/aromatic N) is 2. The van der Waals surface area contributed by atoms with Crippen LogP contribution in [0, 0.1) is 10.1 Å². The zero-order valence-corrected chi connectivity index (χ0v) is 10.7. The second-order valence-electron chi connectivity index (χ2n) is 3.88. The molecule has 18 heavy (non-hydrogen) atoms. The maximum Gasteiger partial charge on any atom is 0.269 e. The Balaban J connectivity index is 2.02. The van der Waals surface area contributed by atoms with Crippen LogP contribution in [0.5, 0.6) is 0 Å². The van der Waals surface area contributed by atoms with Gasteiger partial charge in [-0.15, -0.1) is 11.3 Å². The van der Waals surface area contributed by atoms with Crippen molar-refractivity contribution in [3.05, 3.63) is 56.5 Å². The van der Waals surface area contributed by atoms with E-state index in [1.165, 1.54) is 6.07 Å². The van der Waals surface area contributed by atoms with Gasteiger partial charge in [0.25, 0.3) is 5.69 Å². The van der Waals surface area contributed by atoms with Crippen LogP contribution >= 0.6 is 11.3 Å². The molecule has 6 heteroatoms. The van der Waals surface area contributed by atoms with Crippen molar-refractivity contribution in [3.63, 3.8) is 0 Å². The van der Waals surface area contributed by atoms with Gasteiger partial charge in [-0.05, 0) is 12.5 Å². The summed E-state index contributed by atoms with van der Waals surface area (Å²) in [6.07, 6.45) is 1.76. The third-order valence-electron chi connectivity index (χ3n) is 2.62. The first-order chi connectivity index (χ1) is 8.66. The van der Waals surface area contributed by atoms with Crippen molar-refractivity contribution in [2.75, 3.05) is 0 Å². The highest BCUT2D eigenvalue weighted by atomic mass is 32.1. The summed E-state index contributed by atoms with van der Waals surface area (Å²) >= 11 is 1.59. The molecule has 0 fully saturated rings. The lowest BCUT2D eigenvalue weighted by Gasteiger charge is -2.12. The van der Waals surface area contributed by atoms with E-state index in [1.807, 2.05) is 18.4 Å². The van der Waals surface area contributed by atoms with Crippen LogP contribution in [0.4, 0.5) is 5.69 Å². The van der Waals surface area contributed by atoms with Gasteiger partial charge < -0.3 is 5.32 Å². The predicted octanol–water partition coefficient (Wildman–Crippen LogP) is 2.90. The number of aromatic nitrogens is 1.